The number of hydrogen-bond donors (Lipinski definition) is 1. The molecule has 3 atom stereocenters. The third-order valence-electron chi connectivity index (χ3n) is 3.88. The van der Waals surface area contributed by atoms with Gasteiger partial charge >= 0.3 is 0 Å². The van der Waals surface area contributed by atoms with Gasteiger partial charge in [0, 0.05) is 24.7 Å². The topological polar surface area (TPSA) is 42.4 Å². The largest absolute Gasteiger partial charge is 0.472 e. The van der Waals surface area contributed by atoms with Crippen molar-refractivity contribution in [1.29, 1.82) is 0 Å². The molecule has 2 rings (SSSR count). The third kappa shape index (κ3) is 3.58. The van der Waals surface area contributed by atoms with E-state index >= 15 is 0 Å². The fourth-order valence-electron chi connectivity index (χ4n) is 2.89. The summed E-state index contributed by atoms with van der Waals surface area (Å²) < 4.78 is 5.09. The summed E-state index contributed by atoms with van der Waals surface area (Å²) >= 11 is 0. The molecule has 0 aliphatic heterocycles. The highest BCUT2D eigenvalue weighted by Crippen LogP contribution is 2.28. The Balaban J connectivity index is 1.82. The molecule has 3 unspecified atom stereocenters. The maximum absolute atomic E-state index is 6.22. The molecular weight excluding hydrogens is 212 g/mol. The van der Waals surface area contributed by atoms with Crippen LogP contribution in [-0.4, -0.2) is 24.5 Å². The molecule has 1 aromatic heterocycles. The normalized spacial score (nSPS) is 29.8. The number of nitrogens with zero attached hydrogens (tertiary/aromatic N) is 1. The van der Waals surface area contributed by atoms with Crippen molar-refractivity contribution in [1.82, 2.24) is 4.90 Å². The molecule has 2 N–H and O–H groups in total. The van der Waals surface area contributed by atoms with Gasteiger partial charge in [0.25, 0.3) is 0 Å². The molecule has 1 heterocycles. The average molecular weight is 236 g/mol. The van der Waals surface area contributed by atoms with Gasteiger partial charge in [-0.05, 0) is 44.2 Å². The van der Waals surface area contributed by atoms with E-state index in [-0.39, 0.29) is 0 Å². The Morgan fingerprint density at radius 2 is 2.29 bits per heavy atom. The first kappa shape index (κ1) is 12.7. The Labute approximate surface area is 104 Å². The van der Waals surface area contributed by atoms with Crippen molar-refractivity contribution in [3.8, 4) is 0 Å². The lowest BCUT2D eigenvalue weighted by Gasteiger charge is -2.35. The van der Waals surface area contributed by atoms with E-state index < -0.39 is 0 Å². The van der Waals surface area contributed by atoms with Gasteiger partial charge in [-0.3, -0.25) is 0 Å². The second-order valence-electron chi connectivity index (χ2n) is 5.67. The Hall–Kier alpha value is -0.800. The Bertz CT molecular complexity index is 323. The van der Waals surface area contributed by atoms with E-state index in [1.54, 1.807) is 6.26 Å². The molecule has 1 fully saturated rings. The minimum atomic E-state index is 0.387. The van der Waals surface area contributed by atoms with Crippen LogP contribution in [0, 0.1) is 11.8 Å². The Kier molecular flexibility index (Phi) is 4.24. The molecule has 0 bridgehead atoms. The predicted octanol–water partition coefficient (Wildman–Crippen LogP) is 2.47. The molecule has 0 aromatic carbocycles. The van der Waals surface area contributed by atoms with Gasteiger partial charge in [-0.15, -0.1) is 0 Å². The summed E-state index contributed by atoms with van der Waals surface area (Å²) in [4.78, 5) is 2.35. The fraction of sp³-hybridized carbons (Fsp3) is 0.714. The summed E-state index contributed by atoms with van der Waals surface area (Å²) in [5.41, 5.74) is 7.46. The molecule has 17 heavy (non-hydrogen) atoms. The number of hydrogen-bond acceptors (Lipinski definition) is 3. The van der Waals surface area contributed by atoms with Crippen molar-refractivity contribution in [3.63, 3.8) is 0 Å². The first-order chi connectivity index (χ1) is 8.15. The summed E-state index contributed by atoms with van der Waals surface area (Å²) in [5, 5.41) is 0. The smallest absolute Gasteiger partial charge is 0.0947 e. The van der Waals surface area contributed by atoms with Crippen LogP contribution in [0.3, 0.4) is 0 Å². The molecule has 1 aliphatic rings. The van der Waals surface area contributed by atoms with E-state index in [0.29, 0.717) is 12.0 Å². The summed E-state index contributed by atoms with van der Waals surface area (Å²) in [7, 11) is 2.17. The van der Waals surface area contributed by atoms with E-state index in [9.17, 15) is 0 Å². The molecule has 0 radical (unpaired) electrons. The zero-order valence-electron chi connectivity index (χ0n) is 10.9. The quantitative estimate of drug-likeness (QED) is 0.873. The second-order valence-corrected chi connectivity index (χ2v) is 5.67. The summed E-state index contributed by atoms with van der Waals surface area (Å²) in [6.45, 7) is 4.39. The Morgan fingerprint density at radius 3 is 3.00 bits per heavy atom. The van der Waals surface area contributed by atoms with Gasteiger partial charge in [-0.25, -0.2) is 0 Å². The van der Waals surface area contributed by atoms with E-state index in [1.165, 1.54) is 24.8 Å². The van der Waals surface area contributed by atoms with Crippen molar-refractivity contribution in [2.45, 2.75) is 38.8 Å². The third-order valence-corrected chi connectivity index (χ3v) is 3.88. The van der Waals surface area contributed by atoms with Gasteiger partial charge in [0.1, 0.15) is 0 Å². The SMILES string of the molecule is CC1CCC(N)C(CN(C)Cc2ccoc2)C1. The van der Waals surface area contributed by atoms with Crippen LogP contribution in [-0.2, 0) is 6.54 Å². The van der Waals surface area contributed by atoms with Crippen LogP contribution >= 0.6 is 0 Å². The van der Waals surface area contributed by atoms with Crippen LogP contribution in [0.4, 0.5) is 0 Å². The zero-order chi connectivity index (χ0) is 12.3. The van der Waals surface area contributed by atoms with E-state index in [0.717, 1.165) is 19.0 Å². The lowest BCUT2D eigenvalue weighted by Crippen LogP contribution is -2.41. The lowest BCUT2D eigenvalue weighted by molar-refractivity contribution is 0.177. The van der Waals surface area contributed by atoms with Crippen molar-refractivity contribution in [2.24, 2.45) is 17.6 Å². The van der Waals surface area contributed by atoms with Crippen LogP contribution in [0.1, 0.15) is 31.7 Å². The standard InChI is InChI=1S/C14H24N2O/c1-11-3-4-14(15)13(7-11)9-16(2)8-12-5-6-17-10-12/h5-6,10-11,13-14H,3-4,7-9,15H2,1-2H3. The molecule has 96 valence electrons. The van der Waals surface area contributed by atoms with Crippen LogP contribution < -0.4 is 5.73 Å². The lowest BCUT2D eigenvalue weighted by atomic mass is 9.79. The van der Waals surface area contributed by atoms with Crippen LogP contribution in [0.5, 0.6) is 0 Å². The second kappa shape index (κ2) is 5.69. The molecule has 0 saturated heterocycles. The molecule has 1 aliphatic carbocycles. The summed E-state index contributed by atoms with van der Waals surface area (Å²) in [6, 6.07) is 2.41. The van der Waals surface area contributed by atoms with Crippen molar-refractivity contribution in [3.05, 3.63) is 24.2 Å². The first-order valence-electron chi connectivity index (χ1n) is 6.60. The Morgan fingerprint density at radius 1 is 1.47 bits per heavy atom. The highest BCUT2D eigenvalue weighted by atomic mass is 16.3. The summed E-state index contributed by atoms with van der Waals surface area (Å²) in [6.07, 6.45) is 7.31. The van der Waals surface area contributed by atoms with E-state index in [1.807, 2.05) is 12.3 Å². The minimum absolute atomic E-state index is 0.387. The highest BCUT2D eigenvalue weighted by Gasteiger charge is 2.26. The number of furan rings is 1. The zero-order valence-corrected chi connectivity index (χ0v) is 10.9. The fourth-order valence-corrected chi connectivity index (χ4v) is 2.89. The minimum Gasteiger partial charge on any atom is -0.472 e. The molecule has 3 heteroatoms. The number of rotatable bonds is 4. The maximum Gasteiger partial charge on any atom is 0.0947 e. The van der Waals surface area contributed by atoms with Crippen molar-refractivity contribution < 1.29 is 4.42 Å². The number of nitrogens with two attached hydrogens (primary N) is 1. The van der Waals surface area contributed by atoms with Gasteiger partial charge in [-0.1, -0.05) is 6.92 Å². The monoisotopic (exact) mass is 236 g/mol. The van der Waals surface area contributed by atoms with Gasteiger partial charge < -0.3 is 15.1 Å². The van der Waals surface area contributed by atoms with Gasteiger partial charge in [0.2, 0.25) is 0 Å². The van der Waals surface area contributed by atoms with Gasteiger partial charge in [-0.2, -0.15) is 0 Å². The van der Waals surface area contributed by atoms with Crippen LogP contribution in [0.25, 0.3) is 0 Å². The molecular formula is C14H24N2O. The van der Waals surface area contributed by atoms with Crippen molar-refractivity contribution >= 4 is 0 Å². The van der Waals surface area contributed by atoms with Crippen molar-refractivity contribution in [2.75, 3.05) is 13.6 Å². The van der Waals surface area contributed by atoms with Gasteiger partial charge in [0.05, 0.1) is 12.5 Å². The molecule has 1 saturated carbocycles. The molecule has 0 amide bonds. The molecule has 0 spiro atoms. The van der Waals surface area contributed by atoms with E-state index in [2.05, 4.69) is 18.9 Å². The van der Waals surface area contributed by atoms with Gasteiger partial charge in [0.15, 0.2) is 0 Å². The van der Waals surface area contributed by atoms with E-state index in [4.69, 9.17) is 10.2 Å². The van der Waals surface area contributed by atoms with Crippen LogP contribution in [0.2, 0.25) is 0 Å². The predicted molar refractivity (Wildman–Crippen MR) is 69.5 cm³/mol. The first-order valence-corrected chi connectivity index (χ1v) is 6.60. The molecule has 1 aromatic rings. The average Bonchev–Trinajstić information content (AvgIpc) is 2.76. The van der Waals surface area contributed by atoms with Crippen LogP contribution in [0.15, 0.2) is 23.0 Å². The molecule has 3 nitrogen and oxygen atoms in total. The summed E-state index contributed by atoms with van der Waals surface area (Å²) in [5.74, 6) is 1.48. The highest BCUT2D eigenvalue weighted by molar-refractivity contribution is 5.04. The maximum atomic E-state index is 6.22.